The van der Waals surface area contributed by atoms with Crippen LogP contribution in [0.4, 0.5) is 4.79 Å². The third kappa shape index (κ3) is 4.33. The van der Waals surface area contributed by atoms with Gasteiger partial charge >= 0.3 is 6.09 Å². The Kier molecular flexibility index (Phi) is 4.83. The van der Waals surface area contributed by atoms with E-state index in [1.807, 2.05) is 20.8 Å². The first-order valence-corrected chi connectivity index (χ1v) is 8.14. The van der Waals surface area contributed by atoms with Crippen LogP contribution in [0.15, 0.2) is 0 Å². The minimum atomic E-state index is -0.442. The SMILES string of the molecule is CC(C)(C)OC(=O)N1CCC(C2(N)CCC(O)CC2)CC1. The molecule has 1 saturated carbocycles. The summed E-state index contributed by atoms with van der Waals surface area (Å²) in [6.45, 7) is 7.11. The van der Waals surface area contributed by atoms with Gasteiger partial charge in [-0.15, -0.1) is 0 Å². The van der Waals surface area contributed by atoms with E-state index in [-0.39, 0.29) is 17.7 Å². The van der Waals surface area contributed by atoms with Crippen molar-refractivity contribution in [3.05, 3.63) is 0 Å². The maximum atomic E-state index is 12.1. The lowest BCUT2D eigenvalue weighted by Crippen LogP contribution is -2.54. The van der Waals surface area contributed by atoms with Gasteiger partial charge in [-0.1, -0.05) is 0 Å². The van der Waals surface area contributed by atoms with Crippen molar-refractivity contribution in [1.82, 2.24) is 4.90 Å². The molecule has 2 rings (SSSR count). The number of hydrogen-bond acceptors (Lipinski definition) is 4. The van der Waals surface area contributed by atoms with Crippen molar-refractivity contribution in [2.24, 2.45) is 11.7 Å². The Hall–Kier alpha value is -0.810. The maximum absolute atomic E-state index is 12.1. The molecule has 0 spiro atoms. The molecule has 0 atom stereocenters. The van der Waals surface area contributed by atoms with Gasteiger partial charge in [-0.3, -0.25) is 0 Å². The molecule has 21 heavy (non-hydrogen) atoms. The van der Waals surface area contributed by atoms with E-state index in [9.17, 15) is 9.90 Å². The van der Waals surface area contributed by atoms with Crippen molar-refractivity contribution in [2.75, 3.05) is 13.1 Å². The first-order chi connectivity index (χ1) is 9.70. The molecule has 5 nitrogen and oxygen atoms in total. The van der Waals surface area contributed by atoms with Gasteiger partial charge in [0.1, 0.15) is 5.60 Å². The van der Waals surface area contributed by atoms with Gasteiger partial charge in [0.15, 0.2) is 0 Å². The second-order valence-corrected chi connectivity index (χ2v) is 7.71. The molecular formula is C16H30N2O3. The summed E-state index contributed by atoms with van der Waals surface area (Å²) in [5.74, 6) is 0.448. The number of piperidine rings is 1. The van der Waals surface area contributed by atoms with Crippen molar-refractivity contribution < 1.29 is 14.6 Å². The van der Waals surface area contributed by atoms with E-state index in [0.717, 1.165) is 51.6 Å². The van der Waals surface area contributed by atoms with Crippen molar-refractivity contribution in [1.29, 1.82) is 0 Å². The standard InChI is InChI=1S/C16H30N2O3/c1-15(2,3)21-14(20)18-10-6-12(7-11-18)16(17)8-4-13(19)5-9-16/h12-13,19H,4-11,17H2,1-3H3. The lowest BCUT2D eigenvalue weighted by atomic mass is 9.69. The number of aliphatic hydroxyl groups is 1. The first kappa shape index (κ1) is 16.6. The smallest absolute Gasteiger partial charge is 0.410 e. The number of ether oxygens (including phenoxy) is 1. The molecular weight excluding hydrogens is 268 g/mol. The van der Waals surface area contributed by atoms with E-state index >= 15 is 0 Å². The zero-order chi connectivity index (χ0) is 15.7. The van der Waals surface area contributed by atoms with Crippen LogP contribution in [0.3, 0.4) is 0 Å². The number of carbonyl (C=O) groups is 1. The quantitative estimate of drug-likeness (QED) is 0.778. The molecule has 1 aliphatic carbocycles. The Labute approximate surface area is 127 Å². The number of nitrogens with zero attached hydrogens (tertiary/aromatic N) is 1. The normalized spacial score (nSPS) is 32.0. The summed E-state index contributed by atoms with van der Waals surface area (Å²) in [6, 6.07) is 0. The number of aliphatic hydroxyl groups excluding tert-OH is 1. The molecule has 1 saturated heterocycles. The molecule has 122 valence electrons. The van der Waals surface area contributed by atoms with Crippen LogP contribution in [0.2, 0.25) is 0 Å². The number of likely N-dealkylation sites (tertiary alicyclic amines) is 1. The molecule has 2 fully saturated rings. The lowest BCUT2D eigenvalue weighted by Gasteiger charge is -2.45. The molecule has 2 aliphatic rings. The van der Waals surface area contributed by atoms with Gasteiger partial charge < -0.3 is 20.5 Å². The summed E-state index contributed by atoms with van der Waals surface area (Å²) in [5.41, 5.74) is 5.98. The monoisotopic (exact) mass is 298 g/mol. The van der Waals surface area contributed by atoms with Gasteiger partial charge in [0.05, 0.1) is 6.10 Å². The average molecular weight is 298 g/mol. The Balaban J connectivity index is 1.84. The molecule has 0 unspecified atom stereocenters. The number of rotatable bonds is 1. The highest BCUT2D eigenvalue weighted by Crippen LogP contribution is 2.37. The fourth-order valence-corrected chi connectivity index (χ4v) is 3.51. The van der Waals surface area contributed by atoms with Gasteiger partial charge in [-0.2, -0.15) is 0 Å². The minimum Gasteiger partial charge on any atom is -0.444 e. The van der Waals surface area contributed by atoms with Crippen molar-refractivity contribution >= 4 is 6.09 Å². The van der Waals surface area contributed by atoms with Crippen LogP contribution in [-0.4, -0.2) is 46.4 Å². The summed E-state index contributed by atoms with van der Waals surface area (Å²) in [5, 5.41) is 9.64. The van der Waals surface area contributed by atoms with E-state index in [0.29, 0.717) is 5.92 Å². The molecule has 1 heterocycles. The van der Waals surface area contributed by atoms with E-state index in [1.165, 1.54) is 0 Å². The molecule has 1 amide bonds. The number of nitrogens with two attached hydrogens (primary N) is 1. The van der Waals surface area contributed by atoms with Gasteiger partial charge in [-0.05, 0) is 65.2 Å². The largest absolute Gasteiger partial charge is 0.444 e. The third-order valence-corrected chi connectivity index (χ3v) is 4.85. The molecule has 0 aromatic rings. The van der Waals surface area contributed by atoms with Crippen molar-refractivity contribution in [3.63, 3.8) is 0 Å². The molecule has 0 aromatic heterocycles. The van der Waals surface area contributed by atoms with E-state index in [1.54, 1.807) is 4.90 Å². The second kappa shape index (κ2) is 6.13. The van der Waals surface area contributed by atoms with Gasteiger partial charge in [0, 0.05) is 18.6 Å². The van der Waals surface area contributed by atoms with Crippen LogP contribution in [0, 0.1) is 5.92 Å². The fourth-order valence-electron chi connectivity index (χ4n) is 3.51. The lowest BCUT2D eigenvalue weighted by molar-refractivity contribution is 0.00913. The number of carbonyl (C=O) groups excluding carboxylic acids is 1. The maximum Gasteiger partial charge on any atom is 0.410 e. The summed E-state index contributed by atoms with van der Waals surface area (Å²) in [4.78, 5) is 13.9. The Morgan fingerprint density at radius 3 is 2.19 bits per heavy atom. The summed E-state index contributed by atoms with van der Waals surface area (Å²) < 4.78 is 5.42. The highest BCUT2D eigenvalue weighted by molar-refractivity contribution is 5.68. The Morgan fingerprint density at radius 1 is 1.19 bits per heavy atom. The second-order valence-electron chi connectivity index (χ2n) is 7.71. The van der Waals surface area contributed by atoms with E-state index in [2.05, 4.69) is 0 Å². The van der Waals surface area contributed by atoms with Crippen LogP contribution in [0.25, 0.3) is 0 Å². The molecule has 1 aliphatic heterocycles. The molecule has 3 N–H and O–H groups in total. The number of amides is 1. The van der Waals surface area contributed by atoms with Crippen LogP contribution >= 0.6 is 0 Å². The van der Waals surface area contributed by atoms with Crippen molar-refractivity contribution in [3.8, 4) is 0 Å². The Bertz CT molecular complexity index is 362. The molecule has 0 aromatic carbocycles. The van der Waals surface area contributed by atoms with Crippen LogP contribution in [0.1, 0.15) is 59.3 Å². The average Bonchev–Trinajstić information content (AvgIpc) is 2.41. The van der Waals surface area contributed by atoms with Gasteiger partial charge in [0.2, 0.25) is 0 Å². The fraction of sp³-hybridized carbons (Fsp3) is 0.938. The summed E-state index contributed by atoms with van der Waals surface area (Å²) in [7, 11) is 0. The predicted octanol–water partition coefficient (Wildman–Crippen LogP) is 2.27. The van der Waals surface area contributed by atoms with Gasteiger partial charge in [0.25, 0.3) is 0 Å². The van der Waals surface area contributed by atoms with Crippen LogP contribution in [-0.2, 0) is 4.74 Å². The zero-order valence-electron chi connectivity index (χ0n) is 13.6. The summed E-state index contributed by atoms with van der Waals surface area (Å²) in [6.07, 6.45) is 4.88. The zero-order valence-corrected chi connectivity index (χ0v) is 13.6. The topological polar surface area (TPSA) is 75.8 Å². The minimum absolute atomic E-state index is 0.154. The third-order valence-electron chi connectivity index (χ3n) is 4.85. The van der Waals surface area contributed by atoms with E-state index < -0.39 is 5.60 Å². The van der Waals surface area contributed by atoms with E-state index in [4.69, 9.17) is 10.5 Å². The molecule has 5 heteroatoms. The predicted molar refractivity (Wildman–Crippen MR) is 81.9 cm³/mol. The van der Waals surface area contributed by atoms with Gasteiger partial charge in [-0.25, -0.2) is 4.79 Å². The molecule has 0 bridgehead atoms. The summed E-state index contributed by atoms with van der Waals surface area (Å²) >= 11 is 0. The Morgan fingerprint density at radius 2 is 1.71 bits per heavy atom. The first-order valence-electron chi connectivity index (χ1n) is 8.14. The molecule has 0 radical (unpaired) electrons. The van der Waals surface area contributed by atoms with Crippen LogP contribution in [0.5, 0.6) is 0 Å². The highest BCUT2D eigenvalue weighted by atomic mass is 16.6. The highest BCUT2D eigenvalue weighted by Gasteiger charge is 2.40. The van der Waals surface area contributed by atoms with Crippen molar-refractivity contribution in [2.45, 2.75) is 76.5 Å². The number of hydrogen-bond donors (Lipinski definition) is 2. The van der Waals surface area contributed by atoms with Crippen LogP contribution < -0.4 is 5.73 Å².